The van der Waals surface area contributed by atoms with E-state index in [0.717, 1.165) is 24.6 Å². The monoisotopic (exact) mass is 525 g/mol. The minimum atomic E-state index is -4.54. The summed E-state index contributed by atoms with van der Waals surface area (Å²) < 4.78 is 50.7. The van der Waals surface area contributed by atoms with Gasteiger partial charge in [-0.2, -0.15) is 18.3 Å². The fraction of sp³-hybridized carbons (Fsp3) is 0.280. The highest BCUT2D eigenvalue weighted by atomic mass is 19.4. The first kappa shape index (κ1) is 25.1. The number of anilines is 2. The Labute approximate surface area is 214 Å². The lowest BCUT2D eigenvalue weighted by Crippen LogP contribution is -2.10. The number of esters is 1. The largest absolute Gasteiger partial charge is 0.480 e. The zero-order valence-corrected chi connectivity index (χ0v) is 20.6. The van der Waals surface area contributed by atoms with Crippen LogP contribution in [0.5, 0.6) is 5.88 Å². The molecule has 10 nitrogen and oxygen atoms in total. The van der Waals surface area contributed by atoms with Crippen molar-refractivity contribution in [3.05, 3.63) is 65.5 Å². The Kier molecular flexibility index (Phi) is 6.43. The van der Waals surface area contributed by atoms with E-state index in [4.69, 9.17) is 9.47 Å². The number of hydrogen-bond acceptors (Lipinski definition) is 9. The summed E-state index contributed by atoms with van der Waals surface area (Å²) in [5.74, 6) is 0.343. The van der Waals surface area contributed by atoms with Crippen molar-refractivity contribution in [2.45, 2.75) is 31.9 Å². The molecule has 1 N–H and O–H groups in total. The SMILES string of the molecule is COC(=O)c1cnc(-c2c(OC)ncnc2C2CC2)nc1Nc1ccc(-n2nc(C(F)(F)F)cc2C)cc1. The van der Waals surface area contributed by atoms with Crippen LogP contribution in [0.15, 0.2) is 42.9 Å². The highest BCUT2D eigenvalue weighted by molar-refractivity contribution is 5.95. The van der Waals surface area contributed by atoms with Crippen LogP contribution in [0, 0.1) is 6.92 Å². The summed E-state index contributed by atoms with van der Waals surface area (Å²) in [6.07, 6.45) is 0.187. The van der Waals surface area contributed by atoms with Crippen LogP contribution in [-0.2, 0) is 10.9 Å². The van der Waals surface area contributed by atoms with E-state index in [1.807, 2.05) is 0 Å². The van der Waals surface area contributed by atoms with Gasteiger partial charge in [0, 0.05) is 23.5 Å². The van der Waals surface area contributed by atoms with Gasteiger partial charge in [-0.1, -0.05) is 0 Å². The first-order chi connectivity index (χ1) is 18.2. The Balaban J connectivity index is 1.50. The summed E-state index contributed by atoms with van der Waals surface area (Å²) in [7, 11) is 2.74. The van der Waals surface area contributed by atoms with E-state index < -0.39 is 17.8 Å². The number of aryl methyl sites for hydroxylation is 1. The minimum Gasteiger partial charge on any atom is -0.480 e. The molecule has 0 spiro atoms. The number of carbonyl (C=O) groups is 1. The van der Waals surface area contributed by atoms with Crippen LogP contribution >= 0.6 is 0 Å². The third kappa shape index (κ3) is 4.86. The number of methoxy groups -OCH3 is 2. The Hall–Kier alpha value is -4.55. The van der Waals surface area contributed by atoms with E-state index in [1.165, 1.54) is 38.3 Å². The Morgan fingerprint density at radius 2 is 1.84 bits per heavy atom. The molecular formula is C25H22F3N7O3. The van der Waals surface area contributed by atoms with Crippen LogP contribution in [0.4, 0.5) is 24.7 Å². The third-order valence-electron chi connectivity index (χ3n) is 5.97. The molecule has 1 aromatic carbocycles. The molecule has 196 valence electrons. The van der Waals surface area contributed by atoms with Crippen LogP contribution in [0.2, 0.25) is 0 Å². The number of hydrogen-bond donors (Lipinski definition) is 1. The fourth-order valence-corrected chi connectivity index (χ4v) is 3.97. The molecule has 0 saturated heterocycles. The topological polar surface area (TPSA) is 117 Å². The number of ether oxygens (including phenoxy) is 2. The second-order valence-electron chi connectivity index (χ2n) is 8.62. The minimum absolute atomic E-state index is 0.0851. The second kappa shape index (κ2) is 9.72. The third-order valence-corrected chi connectivity index (χ3v) is 5.97. The number of nitrogens with zero attached hydrogens (tertiary/aromatic N) is 6. The molecule has 1 aliphatic rings. The number of halogens is 3. The van der Waals surface area contributed by atoms with Crippen LogP contribution in [0.3, 0.4) is 0 Å². The van der Waals surface area contributed by atoms with Crippen molar-refractivity contribution in [3.8, 4) is 23.0 Å². The Bertz CT molecular complexity index is 1500. The number of nitrogens with one attached hydrogen (secondary N) is 1. The lowest BCUT2D eigenvalue weighted by molar-refractivity contribution is -0.141. The Morgan fingerprint density at radius 1 is 1.11 bits per heavy atom. The van der Waals surface area contributed by atoms with E-state index in [0.29, 0.717) is 28.5 Å². The van der Waals surface area contributed by atoms with E-state index in [1.54, 1.807) is 24.3 Å². The molecule has 3 aromatic heterocycles. The van der Waals surface area contributed by atoms with Crippen LogP contribution < -0.4 is 10.1 Å². The van der Waals surface area contributed by atoms with Crippen molar-refractivity contribution < 1.29 is 27.4 Å². The van der Waals surface area contributed by atoms with Crippen molar-refractivity contribution in [1.29, 1.82) is 0 Å². The maximum Gasteiger partial charge on any atom is 0.435 e. The highest BCUT2D eigenvalue weighted by Gasteiger charge is 2.35. The summed E-state index contributed by atoms with van der Waals surface area (Å²) in [5.41, 5.74) is 1.70. The standard InChI is InChI=1S/C25H22F3N7O3/c1-13-10-18(25(26,27)28)34-35(13)16-8-6-15(7-9-16)32-21-17(24(36)38-3)11-29-22(33-21)19-20(14-4-5-14)30-12-31-23(19)37-2/h6-12,14H,4-5H2,1-3H3,(H,29,32,33). The first-order valence-electron chi connectivity index (χ1n) is 11.6. The predicted molar refractivity (Wildman–Crippen MR) is 130 cm³/mol. The molecule has 1 aliphatic carbocycles. The summed E-state index contributed by atoms with van der Waals surface area (Å²) in [4.78, 5) is 30.0. The Morgan fingerprint density at radius 3 is 2.45 bits per heavy atom. The molecule has 13 heteroatoms. The van der Waals surface area contributed by atoms with Gasteiger partial charge >= 0.3 is 12.1 Å². The fourth-order valence-electron chi connectivity index (χ4n) is 3.97. The van der Waals surface area contributed by atoms with Gasteiger partial charge in [-0.25, -0.2) is 29.4 Å². The van der Waals surface area contributed by atoms with Crippen molar-refractivity contribution in [3.63, 3.8) is 0 Å². The smallest absolute Gasteiger partial charge is 0.435 e. The summed E-state index contributed by atoms with van der Waals surface area (Å²) in [5, 5.41) is 6.75. The van der Waals surface area contributed by atoms with Gasteiger partial charge in [-0.05, 0) is 50.1 Å². The molecule has 1 saturated carbocycles. The average Bonchev–Trinajstić information content (AvgIpc) is 3.68. The molecule has 5 rings (SSSR count). The van der Waals surface area contributed by atoms with Crippen molar-refractivity contribution in [1.82, 2.24) is 29.7 Å². The number of aromatic nitrogens is 6. The molecule has 0 unspecified atom stereocenters. The molecule has 3 heterocycles. The van der Waals surface area contributed by atoms with E-state index in [2.05, 4.69) is 30.4 Å². The second-order valence-corrected chi connectivity index (χ2v) is 8.62. The summed E-state index contributed by atoms with van der Waals surface area (Å²) in [6, 6.07) is 7.45. The molecule has 38 heavy (non-hydrogen) atoms. The van der Waals surface area contributed by atoms with Gasteiger partial charge in [0.1, 0.15) is 23.3 Å². The van der Waals surface area contributed by atoms with E-state index in [9.17, 15) is 18.0 Å². The van der Waals surface area contributed by atoms with Gasteiger partial charge in [0.15, 0.2) is 11.5 Å². The first-order valence-corrected chi connectivity index (χ1v) is 11.6. The van der Waals surface area contributed by atoms with Gasteiger partial charge in [-0.15, -0.1) is 0 Å². The van der Waals surface area contributed by atoms with Gasteiger partial charge in [-0.3, -0.25) is 0 Å². The number of carbonyl (C=O) groups excluding carboxylic acids is 1. The molecule has 0 radical (unpaired) electrons. The molecular weight excluding hydrogens is 503 g/mol. The van der Waals surface area contributed by atoms with E-state index in [-0.39, 0.29) is 23.1 Å². The summed E-state index contributed by atoms with van der Waals surface area (Å²) >= 11 is 0. The number of alkyl halides is 3. The molecule has 1 fully saturated rings. The van der Waals surface area contributed by atoms with Crippen LogP contribution in [-0.4, -0.2) is 49.9 Å². The quantitative estimate of drug-likeness (QED) is 0.338. The van der Waals surface area contributed by atoms with E-state index >= 15 is 0 Å². The molecule has 4 aromatic rings. The zero-order valence-electron chi connectivity index (χ0n) is 20.6. The van der Waals surface area contributed by atoms with Gasteiger partial charge in [0.2, 0.25) is 5.88 Å². The molecule has 0 atom stereocenters. The predicted octanol–water partition coefficient (Wildman–Crippen LogP) is 4.86. The average molecular weight is 525 g/mol. The van der Waals surface area contributed by atoms with Crippen LogP contribution in [0.1, 0.15) is 46.2 Å². The summed E-state index contributed by atoms with van der Waals surface area (Å²) in [6.45, 7) is 1.54. The maximum atomic E-state index is 13.1. The number of rotatable bonds is 7. The molecule has 0 amide bonds. The van der Waals surface area contributed by atoms with Crippen molar-refractivity contribution >= 4 is 17.5 Å². The maximum absolute atomic E-state index is 13.1. The van der Waals surface area contributed by atoms with Crippen LogP contribution in [0.25, 0.3) is 17.1 Å². The van der Waals surface area contributed by atoms with Gasteiger partial charge in [0.25, 0.3) is 0 Å². The molecule has 0 bridgehead atoms. The number of benzene rings is 1. The lowest BCUT2D eigenvalue weighted by Gasteiger charge is -2.14. The van der Waals surface area contributed by atoms with Gasteiger partial charge < -0.3 is 14.8 Å². The lowest BCUT2D eigenvalue weighted by atomic mass is 10.1. The zero-order chi connectivity index (χ0) is 27.0. The normalized spacial score (nSPS) is 13.3. The molecule has 0 aliphatic heterocycles. The highest BCUT2D eigenvalue weighted by Crippen LogP contribution is 2.45. The van der Waals surface area contributed by atoms with Crippen molar-refractivity contribution in [2.75, 3.05) is 19.5 Å². The van der Waals surface area contributed by atoms with Crippen molar-refractivity contribution in [2.24, 2.45) is 0 Å². The van der Waals surface area contributed by atoms with Gasteiger partial charge in [0.05, 0.1) is 25.6 Å².